The Morgan fingerprint density at radius 2 is 1.62 bits per heavy atom. The number of carboxylic acids is 1. The largest absolute Gasteiger partial charge is 0.480 e. The third-order valence-corrected chi connectivity index (χ3v) is 3.67. The van der Waals surface area contributed by atoms with E-state index in [-0.39, 0.29) is 23.8 Å². The number of rotatable bonds is 6. The predicted molar refractivity (Wildman–Crippen MR) is 91.9 cm³/mol. The molecule has 24 heavy (non-hydrogen) atoms. The van der Waals surface area contributed by atoms with Crippen LogP contribution in [0.15, 0.2) is 24.3 Å². The summed E-state index contributed by atoms with van der Waals surface area (Å²) in [6.07, 6.45) is 0. The topological polar surface area (TPSA) is 95.5 Å². The molecule has 1 aromatic rings. The van der Waals surface area contributed by atoms with Crippen LogP contribution in [0.3, 0.4) is 0 Å². The van der Waals surface area contributed by atoms with Gasteiger partial charge in [0.15, 0.2) is 0 Å². The maximum Gasteiger partial charge on any atom is 0.326 e. The van der Waals surface area contributed by atoms with Gasteiger partial charge in [-0.2, -0.15) is 0 Å². The Hall–Kier alpha value is -2.37. The molecule has 1 atom stereocenters. The van der Waals surface area contributed by atoms with Gasteiger partial charge in [0, 0.05) is 5.56 Å². The van der Waals surface area contributed by atoms with Crippen LogP contribution in [0.4, 0.5) is 0 Å². The molecular weight excluding hydrogens is 308 g/mol. The Morgan fingerprint density at radius 1 is 1.08 bits per heavy atom. The average molecular weight is 334 g/mol. The monoisotopic (exact) mass is 334 g/mol. The Morgan fingerprint density at radius 3 is 2.04 bits per heavy atom. The van der Waals surface area contributed by atoms with Crippen molar-refractivity contribution in [3.8, 4) is 0 Å². The van der Waals surface area contributed by atoms with Crippen LogP contribution in [0.25, 0.3) is 0 Å². The first-order chi connectivity index (χ1) is 11.0. The quantitative estimate of drug-likeness (QED) is 0.741. The molecule has 0 radical (unpaired) electrons. The Labute approximate surface area is 142 Å². The van der Waals surface area contributed by atoms with Crippen LogP contribution in [0.5, 0.6) is 0 Å². The normalized spacial score (nSPS) is 12.6. The maximum atomic E-state index is 12.1. The first kappa shape index (κ1) is 19.7. The van der Waals surface area contributed by atoms with Gasteiger partial charge < -0.3 is 15.7 Å². The maximum absolute atomic E-state index is 12.1. The minimum absolute atomic E-state index is 0.00240. The molecular formula is C18H26N2O4. The lowest BCUT2D eigenvalue weighted by atomic mass is 9.87. The standard InChI is InChI=1S/C18H26N2O4/c1-11(2)15(17(23)24)20-14(21)10-19-16(22)12-6-8-13(9-7-12)18(3,4)5/h6-9,11,15H,10H2,1-5H3,(H,19,22)(H,20,21)(H,23,24). The Bertz CT molecular complexity index is 600. The van der Waals surface area contributed by atoms with Gasteiger partial charge in [0.05, 0.1) is 6.54 Å². The lowest BCUT2D eigenvalue weighted by Gasteiger charge is -2.19. The SMILES string of the molecule is CC(C)C(NC(=O)CNC(=O)c1ccc(C(C)(C)C)cc1)C(=O)O. The van der Waals surface area contributed by atoms with Crippen LogP contribution < -0.4 is 10.6 Å². The molecule has 0 spiro atoms. The van der Waals surface area contributed by atoms with E-state index >= 15 is 0 Å². The zero-order valence-corrected chi connectivity index (χ0v) is 14.8. The summed E-state index contributed by atoms with van der Waals surface area (Å²) in [5.74, 6) is -2.24. The van der Waals surface area contributed by atoms with Gasteiger partial charge in [0.1, 0.15) is 6.04 Å². The molecule has 6 heteroatoms. The van der Waals surface area contributed by atoms with E-state index in [9.17, 15) is 14.4 Å². The second kappa shape index (κ2) is 7.95. The summed E-state index contributed by atoms with van der Waals surface area (Å²) in [7, 11) is 0. The van der Waals surface area contributed by atoms with E-state index in [0.717, 1.165) is 5.56 Å². The highest BCUT2D eigenvalue weighted by Crippen LogP contribution is 2.22. The van der Waals surface area contributed by atoms with Crippen LogP contribution >= 0.6 is 0 Å². The van der Waals surface area contributed by atoms with Crippen LogP contribution in [0, 0.1) is 5.92 Å². The second-order valence-corrected chi connectivity index (χ2v) is 7.14. The second-order valence-electron chi connectivity index (χ2n) is 7.14. The van der Waals surface area contributed by atoms with E-state index < -0.39 is 17.9 Å². The van der Waals surface area contributed by atoms with Crippen molar-refractivity contribution in [1.82, 2.24) is 10.6 Å². The average Bonchev–Trinajstić information content (AvgIpc) is 2.48. The zero-order valence-electron chi connectivity index (χ0n) is 14.8. The molecule has 0 bridgehead atoms. The van der Waals surface area contributed by atoms with Gasteiger partial charge in [-0.15, -0.1) is 0 Å². The molecule has 132 valence electrons. The molecule has 6 nitrogen and oxygen atoms in total. The van der Waals surface area contributed by atoms with Crippen molar-refractivity contribution in [2.45, 2.75) is 46.1 Å². The highest BCUT2D eigenvalue weighted by atomic mass is 16.4. The highest BCUT2D eigenvalue weighted by Gasteiger charge is 2.23. The summed E-state index contributed by atoms with van der Waals surface area (Å²) in [6.45, 7) is 9.39. The number of hydrogen-bond acceptors (Lipinski definition) is 3. The molecule has 0 saturated carbocycles. The van der Waals surface area contributed by atoms with Gasteiger partial charge in [-0.1, -0.05) is 46.8 Å². The fourth-order valence-electron chi connectivity index (χ4n) is 2.12. The van der Waals surface area contributed by atoms with Gasteiger partial charge in [0.2, 0.25) is 5.91 Å². The molecule has 2 amide bonds. The molecule has 0 saturated heterocycles. The van der Waals surface area contributed by atoms with Crippen LogP contribution in [0.2, 0.25) is 0 Å². The molecule has 1 unspecified atom stereocenters. The molecule has 3 N–H and O–H groups in total. The fraction of sp³-hybridized carbons (Fsp3) is 0.500. The fourth-order valence-corrected chi connectivity index (χ4v) is 2.12. The van der Waals surface area contributed by atoms with Crippen molar-refractivity contribution in [2.75, 3.05) is 6.54 Å². The molecule has 1 aromatic carbocycles. The summed E-state index contributed by atoms with van der Waals surface area (Å²) in [4.78, 5) is 34.9. The Kier molecular flexibility index (Phi) is 6.51. The first-order valence-electron chi connectivity index (χ1n) is 7.93. The summed E-state index contributed by atoms with van der Waals surface area (Å²) in [6, 6.07) is 6.22. The number of aliphatic carboxylic acids is 1. The number of hydrogen-bond donors (Lipinski definition) is 3. The van der Waals surface area contributed by atoms with Crippen LogP contribution in [-0.4, -0.2) is 35.5 Å². The summed E-state index contributed by atoms with van der Waals surface area (Å²) >= 11 is 0. The smallest absolute Gasteiger partial charge is 0.326 e. The number of amides is 2. The molecule has 0 aliphatic carbocycles. The van der Waals surface area contributed by atoms with E-state index in [2.05, 4.69) is 31.4 Å². The van der Waals surface area contributed by atoms with Crippen LogP contribution in [0.1, 0.15) is 50.5 Å². The van der Waals surface area contributed by atoms with Crippen molar-refractivity contribution >= 4 is 17.8 Å². The number of nitrogens with one attached hydrogen (secondary N) is 2. The predicted octanol–water partition coefficient (Wildman–Crippen LogP) is 1.94. The van der Waals surface area contributed by atoms with Gasteiger partial charge in [-0.25, -0.2) is 4.79 Å². The van der Waals surface area contributed by atoms with E-state index in [4.69, 9.17) is 5.11 Å². The lowest BCUT2D eigenvalue weighted by molar-refractivity contribution is -0.142. The minimum Gasteiger partial charge on any atom is -0.480 e. The summed E-state index contributed by atoms with van der Waals surface area (Å²) < 4.78 is 0. The summed E-state index contributed by atoms with van der Waals surface area (Å²) in [5.41, 5.74) is 1.56. The van der Waals surface area contributed by atoms with Gasteiger partial charge in [-0.3, -0.25) is 9.59 Å². The van der Waals surface area contributed by atoms with Crippen molar-refractivity contribution in [1.29, 1.82) is 0 Å². The zero-order chi connectivity index (χ0) is 18.5. The third kappa shape index (κ3) is 5.68. The molecule has 0 fully saturated rings. The van der Waals surface area contributed by atoms with Crippen molar-refractivity contribution in [2.24, 2.45) is 5.92 Å². The number of carboxylic acid groups (broad SMARTS) is 1. The lowest BCUT2D eigenvalue weighted by Crippen LogP contribution is -2.48. The first-order valence-corrected chi connectivity index (χ1v) is 7.93. The minimum atomic E-state index is -1.09. The molecule has 0 aliphatic rings. The van der Waals surface area contributed by atoms with Crippen molar-refractivity contribution < 1.29 is 19.5 Å². The van der Waals surface area contributed by atoms with Crippen LogP contribution in [-0.2, 0) is 15.0 Å². The van der Waals surface area contributed by atoms with E-state index in [1.807, 2.05) is 12.1 Å². The van der Waals surface area contributed by atoms with Gasteiger partial charge >= 0.3 is 5.97 Å². The third-order valence-electron chi connectivity index (χ3n) is 3.67. The number of carbonyl (C=O) groups excluding carboxylic acids is 2. The highest BCUT2D eigenvalue weighted by molar-refractivity contribution is 5.96. The van der Waals surface area contributed by atoms with Gasteiger partial charge in [0.25, 0.3) is 5.91 Å². The van der Waals surface area contributed by atoms with E-state index in [0.29, 0.717) is 5.56 Å². The molecule has 0 heterocycles. The number of benzene rings is 1. The molecule has 1 rings (SSSR count). The summed E-state index contributed by atoms with van der Waals surface area (Å²) in [5, 5.41) is 13.9. The van der Waals surface area contributed by atoms with Crippen molar-refractivity contribution in [3.05, 3.63) is 35.4 Å². The van der Waals surface area contributed by atoms with E-state index in [1.54, 1.807) is 26.0 Å². The van der Waals surface area contributed by atoms with Gasteiger partial charge in [-0.05, 0) is 29.0 Å². The molecule has 0 aliphatic heterocycles. The molecule has 0 aromatic heterocycles. The van der Waals surface area contributed by atoms with E-state index in [1.165, 1.54) is 0 Å². The number of carbonyl (C=O) groups is 3. The van der Waals surface area contributed by atoms with Crippen molar-refractivity contribution in [3.63, 3.8) is 0 Å². The Balaban J connectivity index is 2.59.